The zero-order valence-electron chi connectivity index (χ0n) is 21.5. The Labute approximate surface area is 228 Å². The summed E-state index contributed by atoms with van der Waals surface area (Å²) >= 11 is 0. The molecule has 3 nitrogen and oxygen atoms in total. The normalized spacial score (nSPS) is 12.1. The van der Waals surface area contributed by atoms with Crippen molar-refractivity contribution >= 4 is 39.9 Å². The minimum atomic E-state index is 0.483. The highest BCUT2D eigenvalue weighted by Gasteiger charge is 2.17. The third-order valence-electron chi connectivity index (χ3n) is 6.91. The van der Waals surface area contributed by atoms with Gasteiger partial charge in [-0.25, -0.2) is 9.98 Å². The number of fused-ring (bicyclic) bond motifs is 2. The zero-order chi connectivity index (χ0) is 26.4. The fourth-order valence-corrected chi connectivity index (χ4v) is 5.01. The van der Waals surface area contributed by atoms with Crippen LogP contribution in [0.25, 0.3) is 32.7 Å². The van der Waals surface area contributed by atoms with Gasteiger partial charge in [0, 0.05) is 11.1 Å². The number of hydrogen-bond acceptors (Lipinski definition) is 1. The van der Waals surface area contributed by atoms with Gasteiger partial charge in [-0.1, -0.05) is 140 Å². The van der Waals surface area contributed by atoms with Gasteiger partial charge >= 0.3 is 0 Å². The van der Waals surface area contributed by atoms with Gasteiger partial charge in [0.1, 0.15) is 0 Å². The maximum absolute atomic E-state index is 5.21. The average Bonchev–Trinajstić information content (AvgIpc) is 3.01. The predicted octanol–water partition coefficient (Wildman–Crippen LogP) is 8.75. The lowest BCUT2D eigenvalue weighted by molar-refractivity contribution is 1.08. The molecule has 0 aliphatic carbocycles. The molecule has 0 amide bonds. The van der Waals surface area contributed by atoms with E-state index in [4.69, 9.17) is 9.98 Å². The first-order valence-electron chi connectivity index (χ1n) is 13.0. The Bertz CT molecular complexity index is 1830. The number of nitrogens with zero attached hydrogens (tertiary/aromatic N) is 3. The van der Waals surface area contributed by atoms with Gasteiger partial charge in [0.15, 0.2) is 11.7 Å². The summed E-state index contributed by atoms with van der Waals surface area (Å²) in [6, 6.07) is 47.9. The highest BCUT2D eigenvalue weighted by Crippen LogP contribution is 2.32. The smallest absolute Gasteiger partial charge is 0.161 e. The van der Waals surface area contributed by atoms with Crippen molar-refractivity contribution in [2.75, 3.05) is 0 Å². The first-order chi connectivity index (χ1) is 19.3. The van der Waals surface area contributed by atoms with Crippen molar-refractivity contribution in [3.63, 3.8) is 0 Å². The lowest BCUT2D eigenvalue weighted by Gasteiger charge is -2.15. The molecule has 0 saturated heterocycles. The molecular formula is C36H27N3. The molecular weight excluding hydrogens is 474 g/mol. The summed E-state index contributed by atoms with van der Waals surface area (Å²) < 4.78 is 0. The van der Waals surface area contributed by atoms with Crippen LogP contribution in [-0.4, -0.2) is 18.4 Å². The quantitative estimate of drug-likeness (QED) is 0.167. The molecule has 0 fully saturated rings. The summed E-state index contributed by atoms with van der Waals surface area (Å²) in [7, 11) is 0. The van der Waals surface area contributed by atoms with E-state index < -0.39 is 0 Å². The second-order valence-electron chi connectivity index (χ2n) is 9.31. The molecule has 0 saturated carbocycles. The average molecular weight is 502 g/mol. The Kier molecular flexibility index (Phi) is 6.87. The zero-order valence-corrected chi connectivity index (χ0v) is 21.5. The molecule has 0 heterocycles. The van der Waals surface area contributed by atoms with Crippen LogP contribution in [0.1, 0.15) is 16.7 Å². The summed E-state index contributed by atoms with van der Waals surface area (Å²) in [5.74, 6) is 1.17. The monoisotopic (exact) mass is 501 g/mol. The summed E-state index contributed by atoms with van der Waals surface area (Å²) in [6.07, 6.45) is 0. The maximum Gasteiger partial charge on any atom is 0.161 e. The van der Waals surface area contributed by atoms with Gasteiger partial charge in [0.25, 0.3) is 0 Å². The van der Waals surface area contributed by atoms with Crippen molar-refractivity contribution in [1.29, 1.82) is 0 Å². The second-order valence-corrected chi connectivity index (χ2v) is 9.31. The summed E-state index contributed by atoms with van der Waals surface area (Å²) in [5, 5.41) is 4.62. The highest BCUT2D eigenvalue weighted by molar-refractivity contribution is 6.20. The van der Waals surface area contributed by atoms with Crippen LogP contribution in [0.15, 0.2) is 155 Å². The van der Waals surface area contributed by atoms with E-state index in [2.05, 4.69) is 115 Å². The molecule has 0 aliphatic rings. The summed E-state index contributed by atoms with van der Waals surface area (Å²) in [5.41, 5.74) is 5.21. The fraction of sp³-hybridized carbons (Fsp3) is 0.0278. The van der Waals surface area contributed by atoms with Crippen molar-refractivity contribution in [3.05, 3.63) is 156 Å². The van der Waals surface area contributed by atoms with Crippen molar-refractivity contribution in [1.82, 2.24) is 0 Å². The maximum atomic E-state index is 5.21. The minimum absolute atomic E-state index is 0.483. The molecule has 0 spiro atoms. The van der Waals surface area contributed by atoms with Gasteiger partial charge in [-0.3, -0.25) is 4.99 Å². The number of rotatable bonds is 5. The summed E-state index contributed by atoms with van der Waals surface area (Å²) in [6.45, 7) is 4.33. The molecule has 39 heavy (non-hydrogen) atoms. The molecule has 0 N–H and O–H groups in total. The van der Waals surface area contributed by atoms with E-state index in [1.807, 2.05) is 36.4 Å². The Morgan fingerprint density at radius 3 is 1.90 bits per heavy atom. The molecule has 0 bridgehead atoms. The molecule has 186 valence electrons. The topological polar surface area (TPSA) is 37.1 Å². The molecule has 0 aliphatic heterocycles. The number of aliphatic imine (C=N–C) groups is 3. The van der Waals surface area contributed by atoms with Crippen LogP contribution in [0.5, 0.6) is 0 Å². The van der Waals surface area contributed by atoms with E-state index in [0.29, 0.717) is 18.2 Å². The largest absolute Gasteiger partial charge is 0.261 e. The number of benzene rings is 6. The number of hydrogen-bond donors (Lipinski definition) is 0. The van der Waals surface area contributed by atoms with Crippen molar-refractivity contribution in [2.24, 2.45) is 15.0 Å². The Balaban J connectivity index is 1.61. The third kappa shape index (κ3) is 5.03. The SMILES string of the molecule is C=N/C(=N\C(=N/Cc1cccc2ccccc12)c1c(-c2ccccc2)ccc2ccccc12)c1ccccc1. The van der Waals surface area contributed by atoms with E-state index >= 15 is 0 Å². The van der Waals surface area contributed by atoms with Gasteiger partial charge in [0.05, 0.1) is 6.54 Å². The first kappa shape index (κ1) is 24.2. The van der Waals surface area contributed by atoms with Crippen LogP contribution >= 0.6 is 0 Å². The van der Waals surface area contributed by atoms with Gasteiger partial charge in [-0.2, -0.15) is 0 Å². The minimum Gasteiger partial charge on any atom is -0.261 e. The molecule has 0 unspecified atom stereocenters. The lowest BCUT2D eigenvalue weighted by atomic mass is 9.93. The van der Waals surface area contributed by atoms with Crippen LogP contribution in [0.4, 0.5) is 0 Å². The van der Waals surface area contributed by atoms with Gasteiger partial charge in [0.2, 0.25) is 0 Å². The van der Waals surface area contributed by atoms with Crippen molar-refractivity contribution in [2.45, 2.75) is 6.54 Å². The Morgan fingerprint density at radius 2 is 1.15 bits per heavy atom. The van der Waals surface area contributed by atoms with Crippen LogP contribution in [0, 0.1) is 0 Å². The van der Waals surface area contributed by atoms with E-state index in [1.54, 1.807) is 0 Å². The van der Waals surface area contributed by atoms with Crippen molar-refractivity contribution in [3.8, 4) is 11.1 Å². The standard InChI is InChI=1S/C36H27N3/c1-37-35(29-17-6-3-7-18-29)39-36(38-25-30-20-12-19-26-15-8-10-21-31(26)30)34-32-22-11-9-16-28(32)23-24-33(34)27-13-4-2-5-14-27/h2-24H,1,25H2/b38-36-,39-35-. The van der Waals surface area contributed by atoms with E-state index in [1.165, 1.54) is 10.8 Å². The predicted molar refractivity (Wildman–Crippen MR) is 166 cm³/mol. The molecule has 0 radical (unpaired) electrons. The molecule has 6 rings (SSSR count). The van der Waals surface area contributed by atoms with Gasteiger partial charge in [-0.05, 0) is 45.0 Å². The van der Waals surface area contributed by atoms with Gasteiger partial charge in [-0.15, -0.1) is 0 Å². The first-order valence-corrected chi connectivity index (χ1v) is 13.0. The molecule has 0 aromatic heterocycles. The Morgan fingerprint density at radius 1 is 0.538 bits per heavy atom. The van der Waals surface area contributed by atoms with Crippen LogP contribution in [0.2, 0.25) is 0 Å². The van der Waals surface area contributed by atoms with Crippen LogP contribution in [-0.2, 0) is 6.54 Å². The van der Waals surface area contributed by atoms with Crippen LogP contribution in [0.3, 0.4) is 0 Å². The van der Waals surface area contributed by atoms with E-state index in [-0.39, 0.29) is 0 Å². The molecule has 6 aromatic carbocycles. The number of amidine groups is 2. The second kappa shape index (κ2) is 11.1. The third-order valence-corrected chi connectivity index (χ3v) is 6.91. The van der Waals surface area contributed by atoms with Gasteiger partial charge < -0.3 is 0 Å². The fourth-order valence-electron chi connectivity index (χ4n) is 5.01. The van der Waals surface area contributed by atoms with E-state index in [9.17, 15) is 0 Å². The molecule has 0 atom stereocenters. The van der Waals surface area contributed by atoms with E-state index in [0.717, 1.165) is 38.6 Å². The highest BCUT2D eigenvalue weighted by atomic mass is 15.0. The van der Waals surface area contributed by atoms with Crippen molar-refractivity contribution < 1.29 is 0 Å². The molecule has 3 heteroatoms. The van der Waals surface area contributed by atoms with Crippen LogP contribution < -0.4 is 0 Å². The lowest BCUT2D eigenvalue weighted by Crippen LogP contribution is -2.08. The molecule has 6 aromatic rings. The Hall–Kier alpha value is -5.15. The summed E-state index contributed by atoms with van der Waals surface area (Å²) in [4.78, 5) is 14.6.